The number of nitrogens with one attached hydrogen (secondary N) is 1. The van der Waals surface area contributed by atoms with Crippen LogP contribution in [0.3, 0.4) is 0 Å². The Morgan fingerprint density at radius 2 is 1.69 bits per heavy atom. The van der Waals surface area contributed by atoms with Crippen molar-refractivity contribution in [2.24, 2.45) is 5.92 Å². The number of fused-ring (bicyclic) bond motifs is 1. The predicted molar refractivity (Wildman–Crippen MR) is 97.8 cm³/mol. The average molecular weight is 355 g/mol. The molecule has 3 amide bonds. The molecule has 0 unspecified atom stereocenters. The van der Waals surface area contributed by atoms with E-state index >= 15 is 0 Å². The van der Waals surface area contributed by atoms with Gasteiger partial charge in [0, 0.05) is 32.1 Å². The van der Waals surface area contributed by atoms with Crippen LogP contribution in [0.4, 0.5) is 0 Å². The summed E-state index contributed by atoms with van der Waals surface area (Å²) in [6.45, 7) is 7.51. The van der Waals surface area contributed by atoms with Crippen molar-refractivity contribution in [1.29, 1.82) is 0 Å². The maximum absolute atomic E-state index is 12.7. The SMILES string of the molecule is C=CC(=O)N1CCC(C(=O)N[C@H](C)C(=O)N2Cc3ccccc3C2)CC1. The lowest BCUT2D eigenvalue weighted by Gasteiger charge is -2.31. The van der Waals surface area contributed by atoms with E-state index in [-0.39, 0.29) is 23.6 Å². The van der Waals surface area contributed by atoms with Gasteiger partial charge in [0.05, 0.1) is 0 Å². The van der Waals surface area contributed by atoms with E-state index < -0.39 is 6.04 Å². The average Bonchev–Trinajstić information content (AvgIpc) is 3.10. The van der Waals surface area contributed by atoms with E-state index in [4.69, 9.17) is 0 Å². The number of rotatable bonds is 4. The quantitative estimate of drug-likeness (QED) is 0.832. The zero-order valence-electron chi connectivity index (χ0n) is 15.1. The number of carbonyl (C=O) groups excluding carboxylic acids is 3. The molecule has 138 valence electrons. The summed E-state index contributed by atoms with van der Waals surface area (Å²) in [7, 11) is 0. The molecule has 1 N–H and O–H groups in total. The summed E-state index contributed by atoms with van der Waals surface area (Å²) in [6.07, 6.45) is 2.53. The van der Waals surface area contributed by atoms with E-state index in [1.165, 1.54) is 17.2 Å². The monoisotopic (exact) mass is 355 g/mol. The van der Waals surface area contributed by atoms with Gasteiger partial charge >= 0.3 is 0 Å². The molecule has 1 saturated heterocycles. The Morgan fingerprint density at radius 3 is 2.23 bits per heavy atom. The van der Waals surface area contributed by atoms with Crippen molar-refractivity contribution in [2.45, 2.75) is 38.9 Å². The van der Waals surface area contributed by atoms with Gasteiger partial charge in [0.1, 0.15) is 6.04 Å². The summed E-state index contributed by atoms with van der Waals surface area (Å²) in [4.78, 5) is 40.2. The highest BCUT2D eigenvalue weighted by atomic mass is 16.2. The van der Waals surface area contributed by atoms with E-state index in [0.717, 1.165) is 0 Å². The Kier molecular flexibility index (Phi) is 5.40. The molecule has 2 aliphatic heterocycles. The van der Waals surface area contributed by atoms with Crippen molar-refractivity contribution in [1.82, 2.24) is 15.1 Å². The van der Waals surface area contributed by atoms with Crippen molar-refractivity contribution < 1.29 is 14.4 Å². The summed E-state index contributed by atoms with van der Waals surface area (Å²) in [5, 5.41) is 2.86. The van der Waals surface area contributed by atoms with Crippen molar-refractivity contribution in [2.75, 3.05) is 13.1 Å². The molecule has 2 aliphatic rings. The van der Waals surface area contributed by atoms with Crippen LogP contribution in [0.5, 0.6) is 0 Å². The Balaban J connectivity index is 1.50. The maximum Gasteiger partial charge on any atom is 0.245 e. The zero-order valence-corrected chi connectivity index (χ0v) is 15.1. The standard InChI is InChI=1S/C20H25N3O3/c1-3-18(24)22-10-8-15(9-11-22)19(25)21-14(2)20(26)23-12-16-6-4-5-7-17(16)13-23/h3-7,14-15H,1,8-13H2,2H3,(H,21,25)/t14-/m1/s1. The summed E-state index contributed by atoms with van der Waals surface area (Å²) in [5.74, 6) is -0.419. The van der Waals surface area contributed by atoms with Crippen molar-refractivity contribution in [3.63, 3.8) is 0 Å². The van der Waals surface area contributed by atoms with Gasteiger partial charge in [-0.15, -0.1) is 0 Å². The van der Waals surface area contributed by atoms with Crippen LogP contribution >= 0.6 is 0 Å². The number of amides is 3. The van der Waals surface area contributed by atoms with Gasteiger partial charge in [-0.25, -0.2) is 0 Å². The van der Waals surface area contributed by atoms with Crippen molar-refractivity contribution in [3.05, 3.63) is 48.0 Å². The molecule has 1 aromatic carbocycles. The molecule has 0 saturated carbocycles. The van der Waals surface area contributed by atoms with Gasteiger partial charge in [0.25, 0.3) is 0 Å². The van der Waals surface area contributed by atoms with Crippen LogP contribution in [0, 0.1) is 5.92 Å². The van der Waals surface area contributed by atoms with Gasteiger partial charge < -0.3 is 15.1 Å². The summed E-state index contributed by atoms with van der Waals surface area (Å²) >= 11 is 0. The van der Waals surface area contributed by atoms with Gasteiger partial charge in [0.2, 0.25) is 17.7 Å². The molecular weight excluding hydrogens is 330 g/mol. The molecule has 1 atom stereocenters. The minimum Gasteiger partial charge on any atom is -0.344 e. The van der Waals surface area contributed by atoms with E-state index in [1.54, 1.807) is 16.7 Å². The van der Waals surface area contributed by atoms with Crippen molar-refractivity contribution >= 4 is 17.7 Å². The Morgan fingerprint density at radius 1 is 1.12 bits per heavy atom. The highest BCUT2D eigenvalue weighted by Crippen LogP contribution is 2.23. The Bertz CT molecular complexity index is 698. The third kappa shape index (κ3) is 3.79. The van der Waals surface area contributed by atoms with Crippen LogP contribution in [0.2, 0.25) is 0 Å². The van der Waals surface area contributed by atoms with Gasteiger partial charge in [-0.3, -0.25) is 14.4 Å². The van der Waals surface area contributed by atoms with E-state index in [1.807, 2.05) is 24.3 Å². The van der Waals surface area contributed by atoms with Gasteiger partial charge in [0.15, 0.2) is 0 Å². The van der Waals surface area contributed by atoms with E-state index in [2.05, 4.69) is 11.9 Å². The van der Waals surface area contributed by atoms with Gasteiger partial charge in [-0.2, -0.15) is 0 Å². The topological polar surface area (TPSA) is 69.7 Å². The second kappa shape index (κ2) is 7.72. The first-order valence-electron chi connectivity index (χ1n) is 9.07. The zero-order chi connectivity index (χ0) is 18.7. The maximum atomic E-state index is 12.7. The molecule has 1 aromatic rings. The first kappa shape index (κ1) is 18.2. The minimum atomic E-state index is -0.551. The minimum absolute atomic E-state index is 0.0613. The lowest BCUT2D eigenvalue weighted by Crippen LogP contribution is -2.49. The highest BCUT2D eigenvalue weighted by molar-refractivity contribution is 5.89. The predicted octanol–water partition coefficient (Wildman–Crippen LogP) is 1.46. The molecule has 26 heavy (non-hydrogen) atoms. The molecule has 0 aromatic heterocycles. The van der Waals surface area contributed by atoms with Crippen LogP contribution < -0.4 is 5.32 Å². The lowest BCUT2D eigenvalue weighted by atomic mass is 9.95. The second-order valence-corrected chi connectivity index (χ2v) is 7.00. The molecule has 0 spiro atoms. The molecule has 0 bridgehead atoms. The van der Waals surface area contributed by atoms with Crippen molar-refractivity contribution in [3.8, 4) is 0 Å². The number of carbonyl (C=O) groups is 3. The number of hydrogen-bond donors (Lipinski definition) is 1. The molecule has 2 heterocycles. The fraction of sp³-hybridized carbons (Fsp3) is 0.450. The van der Waals surface area contributed by atoms with Crippen LogP contribution in [-0.2, 0) is 27.5 Å². The summed E-state index contributed by atoms with van der Waals surface area (Å²) < 4.78 is 0. The number of hydrogen-bond acceptors (Lipinski definition) is 3. The van der Waals surface area contributed by atoms with Crippen LogP contribution in [0.25, 0.3) is 0 Å². The van der Waals surface area contributed by atoms with Gasteiger partial charge in [-0.05, 0) is 37.0 Å². The third-order valence-corrected chi connectivity index (χ3v) is 5.23. The Labute approximate surface area is 153 Å². The molecule has 1 fully saturated rings. The first-order valence-corrected chi connectivity index (χ1v) is 9.07. The fourth-order valence-electron chi connectivity index (χ4n) is 3.65. The van der Waals surface area contributed by atoms with Gasteiger partial charge in [-0.1, -0.05) is 30.8 Å². The van der Waals surface area contributed by atoms with Crippen LogP contribution in [0.15, 0.2) is 36.9 Å². The number of nitrogens with zero attached hydrogens (tertiary/aromatic N) is 2. The molecule has 0 aliphatic carbocycles. The Hall–Kier alpha value is -2.63. The van der Waals surface area contributed by atoms with E-state index in [0.29, 0.717) is 39.0 Å². The second-order valence-electron chi connectivity index (χ2n) is 7.00. The first-order chi connectivity index (χ1) is 12.5. The molecule has 0 radical (unpaired) electrons. The van der Waals surface area contributed by atoms with Crippen LogP contribution in [0.1, 0.15) is 30.9 Å². The molecule has 3 rings (SSSR count). The lowest BCUT2D eigenvalue weighted by molar-refractivity contribution is -0.138. The number of piperidine rings is 1. The number of likely N-dealkylation sites (tertiary alicyclic amines) is 1. The van der Waals surface area contributed by atoms with E-state index in [9.17, 15) is 14.4 Å². The molecular formula is C20H25N3O3. The third-order valence-electron chi connectivity index (χ3n) is 5.23. The summed E-state index contributed by atoms with van der Waals surface area (Å²) in [6, 6.07) is 7.46. The normalized spacial score (nSPS) is 18.2. The summed E-state index contributed by atoms with van der Waals surface area (Å²) in [5.41, 5.74) is 2.33. The number of benzene rings is 1. The fourth-order valence-corrected chi connectivity index (χ4v) is 3.65. The largest absolute Gasteiger partial charge is 0.344 e. The highest BCUT2D eigenvalue weighted by Gasteiger charge is 2.31. The smallest absolute Gasteiger partial charge is 0.245 e. The molecule has 6 nitrogen and oxygen atoms in total. The van der Waals surface area contributed by atoms with Crippen LogP contribution in [-0.4, -0.2) is 46.7 Å². The molecule has 6 heteroatoms.